The molecular formula is C24H16N4O6. The van der Waals surface area contributed by atoms with Crippen LogP contribution in [0.25, 0.3) is 44.5 Å². The third kappa shape index (κ3) is 3.43. The lowest BCUT2D eigenvalue weighted by Gasteiger charge is -2.06. The van der Waals surface area contributed by atoms with Crippen LogP contribution in [0.3, 0.4) is 0 Å². The number of carboxylic acids is 1. The van der Waals surface area contributed by atoms with Gasteiger partial charge in [-0.25, -0.2) is 9.78 Å². The number of aromatic amines is 2. The van der Waals surface area contributed by atoms with Gasteiger partial charge in [0.25, 0.3) is 5.56 Å². The Kier molecular flexibility index (Phi) is 4.82. The second kappa shape index (κ2) is 7.85. The van der Waals surface area contributed by atoms with Crippen molar-refractivity contribution in [3.8, 4) is 28.3 Å². The number of carboxylic acid groups (broad SMARTS) is 1. The fourth-order valence-corrected chi connectivity index (χ4v) is 3.89. The first kappa shape index (κ1) is 20.9. The summed E-state index contributed by atoms with van der Waals surface area (Å²) >= 11 is 0. The zero-order valence-electron chi connectivity index (χ0n) is 17.7. The first-order valence-corrected chi connectivity index (χ1v) is 10.1. The van der Waals surface area contributed by atoms with Crippen molar-refractivity contribution in [2.45, 2.75) is 0 Å². The van der Waals surface area contributed by atoms with E-state index in [0.717, 1.165) is 11.1 Å². The van der Waals surface area contributed by atoms with Gasteiger partial charge in [0.2, 0.25) is 0 Å². The Bertz CT molecular complexity index is 1670. The molecule has 0 aliphatic heterocycles. The molecule has 0 bridgehead atoms. The molecule has 0 fully saturated rings. The monoisotopic (exact) mass is 456 g/mol. The van der Waals surface area contributed by atoms with Crippen LogP contribution < -0.4 is 10.3 Å². The number of aromatic nitrogens is 3. The van der Waals surface area contributed by atoms with E-state index in [1.165, 1.54) is 18.2 Å². The smallest absolute Gasteiger partial charge is 0.335 e. The Morgan fingerprint density at radius 2 is 1.71 bits per heavy atom. The van der Waals surface area contributed by atoms with Crippen LogP contribution >= 0.6 is 0 Å². The minimum Gasteiger partial charge on any atom is -0.497 e. The van der Waals surface area contributed by atoms with Gasteiger partial charge in [-0.2, -0.15) is 0 Å². The van der Waals surface area contributed by atoms with E-state index >= 15 is 0 Å². The quantitative estimate of drug-likeness (QED) is 0.263. The summed E-state index contributed by atoms with van der Waals surface area (Å²) in [5.41, 5.74) is 1.55. The van der Waals surface area contributed by atoms with E-state index in [-0.39, 0.29) is 22.3 Å². The summed E-state index contributed by atoms with van der Waals surface area (Å²) in [6.07, 6.45) is 0. The lowest BCUT2D eigenvalue weighted by atomic mass is 10.0. The number of ether oxygens (including phenoxy) is 1. The maximum atomic E-state index is 12.8. The van der Waals surface area contributed by atoms with E-state index in [1.54, 1.807) is 19.2 Å². The SMILES string of the molecule is COc1ccc(-c2ccc3[nH]c(=O)c(-c4[nH]c5ccc(C(=O)O)cc5c4[N+](=O)[O-])nc3c2)cc1. The van der Waals surface area contributed by atoms with Crippen LogP contribution in [0, 0.1) is 10.1 Å². The molecule has 10 heteroatoms. The Hall–Kier alpha value is -4.99. The van der Waals surface area contributed by atoms with Crippen LogP contribution in [0.15, 0.2) is 65.5 Å². The highest BCUT2D eigenvalue weighted by Gasteiger charge is 2.27. The highest BCUT2D eigenvalue weighted by molar-refractivity contribution is 6.01. The Morgan fingerprint density at radius 1 is 1.00 bits per heavy atom. The topological polar surface area (TPSA) is 151 Å². The molecule has 2 heterocycles. The number of hydrogen-bond donors (Lipinski definition) is 3. The minimum absolute atomic E-state index is 0.0770. The predicted octanol–water partition coefficient (Wildman–Crippen LogP) is 4.35. The van der Waals surface area contributed by atoms with E-state index in [0.29, 0.717) is 22.3 Å². The molecule has 0 aliphatic carbocycles. The van der Waals surface area contributed by atoms with Crippen molar-refractivity contribution in [1.29, 1.82) is 0 Å². The van der Waals surface area contributed by atoms with Gasteiger partial charge >= 0.3 is 11.7 Å². The molecule has 0 aliphatic rings. The van der Waals surface area contributed by atoms with Crippen LogP contribution in [0.4, 0.5) is 5.69 Å². The molecule has 0 saturated heterocycles. The lowest BCUT2D eigenvalue weighted by molar-refractivity contribution is -0.382. The molecule has 0 amide bonds. The van der Waals surface area contributed by atoms with Crippen molar-refractivity contribution in [2.24, 2.45) is 0 Å². The molecular weight excluding hydrogens is 440 g/mol. The maximum Gasteiger partial charge on any atom is 0.335 e. The van der Waals surface area contributed by atoms with E-state index in [4.69, 9.17) is 4.74 Å². The van der Waals surface area contributed by atoms with Gasteiger partial charge < -0.3 is 19.8 Å². The third-order valence-electron chi connectivity index (χ3n) is 5.55. The van der Waals surface area contributed by atoms with Gasteiger partial charge in [-0.05, 0) is 53.6 Å². The fourth-order valence-electron chi connectivity index (χ4n) is 3.89. The number of nitro groups is 1. The van der Waals surface area contributed by atoms with Gasteiger partial charge in [-0.15, -0.1) is 0 Å². The van der Waals surface area contributed by atoms with Crippen molar-refractivity contribution < 1.29 is 19.6 Å². The normalized spacial score (nSPS) is 11.1. The molecule has 5 rings (SSSR count). The van der Waals surface area contributed by atoms with Crippen molar-refractivity contribution in [3.05, 3.63) is 86.7 Å². The molecule has 10 nitrogen and oxygen atoms in total. The Morgan fingerprint density at radius 3 is 2.38 bits per heavy atom. The van der Waals surface area contributed by atoms with Gasteiger partial charge in [0, 0.05) is 0 Å². The van der Waals surface area contributed by atoms with Gasteiger partial charge in [-0.3, -0.25) is 14.9 Å². The highest BCUT2D eigenvalue weighted by atomic mass is 16.6. The molecule has 5 aromatic rings. The van der Waals surface area contributed by atoms with Crippen LogP contribution in [0.5, 0.6) is 5.75 Å². The number of aromatic carboxylic acids is 1. The van der Waals surface area contributed by atoms with Crippen LogP contribution in [-0.4, -0.2) is 38.1 Å². The molecule has 2 aromatic heterocycles. The van der Waals surface area contributed by atoms with Crippen molar-refractivity contribution in [1.82, 2.24) is 15.0 Å². The molecule has 34 heavy (non-hydrogen) atoms. The molecule has 3 N–H and O–H groups in total. The third-order valence-corrected chi connectivity index (χ3v) is 5.55. The Labute approximate surface area is 190 Å². The largest absolute Gasteiger partial charge is 0.497 e. The average Bonchev–Trinajstić information content (AvgIpc) is 3.22. The summed E-state index contributed by atoms with van der Waals surface area (Å²) in [4.78, 5) is 45.4. The molecule has 0 unspecified atom stereocenters. The van der Waals surface area contributed by atoms with Gasteiger partial charge in [-0.1, -0.05) is 18.2 Å². The van der Waals surface area contributed by atoms with Crippen molar-refractivity contribution in [3.63, 3.8) is 0 Å². The van der Waals surface area contributed by atoms with E-state index < -0.39 is 22.1 Å². The molecule has 0 saturated carbocycles. The van der Waals surface area contributed by atoms with Crippen molar-refractivity contribution >= 4 is 33.6 Å². The van der Waals surface area contributed by atoms with Crippen molar-refractivity contribution in [2.75, 3.05) is 7.11 Å². The second-order valence-corrected chi connectivity index (χ2v) is 7.55. The number of nitrogens with one attached hydrogen (secondary N) is 2. The summed E-state index contributed by atoms with van der Waals surface area (Å²) in [5.74, 6) is -0.502. The van der Waals surface area contributed by atoms with Crippen LogP contribution in [0.1, 0.15) is 10.4 Å². The molecule has 0 radical (unpaired) electrons. The zero-order chi connectivity index (χ0) is 24.0. The van der Waals surface area contributed by atoms with Gasteiger partial charge in [0.1, 0.15) is 11.4 Å². The Balaban J connectivity index is 1.70. The zero-order valence-corrected chi connectivity index (χ0v) is 17.7. The number of hydrogen-bond acceptors (Lipinski definition) is 6. The highest BCUT2D eigenvalue weighted by Crippen LogP contribution is 2.36. The fraction of sp³-hybridized carbons (Fsp3) is 0.0417. The second-order valence-electron chi connectivity index (χ2n) is 7.55. The minimum atomic E-state index is -1.22. The molecule has 3 aromatic carbocycles. The van der Waals surface area contributed by atoms with E-state index in [1.807, 2.05) is 30.3 Å². The summed E-state index contributed by atoms with van der Waals surface area (Å²) in [5, 5.41) is 21.2. The van der Waals surface area contributed by atoms with Gasteiger partial charge in [0.15, 0.2) is 5.69 Å². The first-order valence-electron chi connectivity index (χ1n) is 10.1. The van der Waals surface area contributed by atoms with E-state index in [2.05, 4.69) is 15.0 Å². The average molecular weight is 456 g/mol. The molecule has 0 spiro atoms. The summed E-state index contributed by atoms with van der Waals surface area (Å²) in [6.45, 7) is 0. The summed E-state index contributed by atoms with van der Waals surface area (Å²) in [7, 11) is 1.58. The number of carbonyl (C=O) groups is 1. The lowest BCUT2D eigenvalue weighted by Crippen LogP contribution is -2.12. The number of H-pyrrole nitrogens is 2. The number of nitrogens with zero attached hydrogens (tertiary/aromatic N) is 2. The number of fused-ring (bicyclic) bond motifs is 2. The maximum absolute atomic E-state index is 12.8. The number of rotatable bonds is 5. The number of benzene rings is 3. The summed E-state index contributed by atoms with van der Waals surface area (Å²) < 4.78 is 5.19. The number of methoxy groups -OCH3 is 1. The predicted molar refractivity (Wildman–Crippen MR) is 125 cm³/mol. The van der Waals surface area contributed by atoms with Crippen LogP contribution in [-0.2, 0) is 0 Å². The molecule has 168 valence electrons. The first-order chi connectivity index (χ1) is 16.4. The standard InChI is InChI=1S/C24H16N4O6/c1-34-15-6-2-12(3-7-15)13-4-9-18-19(11-13)26-21(23(29)27-18)20-22(28(32)33)16-10-14(24(30)31)5-8-17(16)25-20/h2-11,25H,1H3,(H,27,29)(H,30,31). The molecule has 0 atom stereocenters. The summed E-state index contributed by atoms with van der Waals surface area (Å²) in [6, 6.07) is 16.7. The van der Waals surface area contributed by atoms with Crippen LogP contribution in [0.2, 0.25) is 0 Å². The van der Waals surface area contributed by atoms with Gasteiger partial charge in [0.05, 0.1) is 39.5 Å². The van der Waals surface area contributed by atoms with E-state index in [9.17, 15) is 24.8 Å².